The van der Waals surface area contributed by atoms with Crippen LogP contribution in [0.15, 0.2) is 18.3 Å². The molecule has 0 aliphatic carbocycles. The lowest BCUT2D eigenvalue weighted by atomic mass is 10.2. The Hall–Kier alpha value is -1.13. The fourth-order valence-electron chi connectivity index (χ4n) is 1.76. The molecule has 3 N–H and O–H groups in total. The van der Waals surface area contributed by atoms with E-state index in [1.165, 1.54) is 0 Å². The fourth-order valence-corrected chi connectivity index (χ4v) is 1.76. The smallest absolute Gasteiger partial charge is 0.0569 e. The summed E-state index contributed by atoms with van der Waals surface area (Å²) in [6, 6.07) is 4.37. The summed E-state index contributed by atoms with van der Waals surface area (Å²) in [6.07, 6.45) is 2.63. The monoisotopic (exact) mass is 237 g/mol. The molecule has 4 heteroatoms. The molecule has 96 valence electrons. The number of anilines is 1. The number of nitrogens with zero attached hydrogens (tertiary/aromatic N) is 2. The first-order chi connectivity index (χ1) is 8.06. The molecule has 0 unspecified atom stereocenters. The Bertz CT molecular complexity index is 322. The summed E-state index contributed by atoms with van der Waals surface area (Å²) in [5.41, 5.74) is 7.75. The van der Waals surface area contributed by atoms with Crippen LogP contribution in [-0.2, 0) is 0 Å². The van der Waals surface area contributed by atoms with E-state index in [2.05, 4.69) is 23.7 Å². The first-order valence-electron chi connectivity index (χ1n) is 6.15. The second-order valence-electron chi connectivity index (χ2n) is 4.59. The van der Waals surface area contributed by atoms with Gasteiger partial charge in [-0.15, -0.1) is 0 Å². The Kier molecular flexibility index (Phi) is 5.38. The van der Waals surface area contributed by atoms with Gasteiger partial charge in [0, 0.05) is 25.2 Å². The van der Waals surface area contributed by atoms with Gasteiger partial charge in [0.1, 0.15) is 0 Å². The molecule has 0 saturated carbocycles. The topological polar surface area (TPSA) is 62.4 Å². The molecule has 4 nitrogen and oxygen atoms in total. The van der Waals surface area contributed by atoms with Crippen LogP contribution in [0.3, 0.4) is 0 Å². The van der Waals surface area contributed by atoms with E-state index in [0.29, 0.717) is 6.04 Å². The zero-order chi connectivity index (χ0) is 12.8. The molecule has 0 radical (unpaired) electrons. The first-order valence-corrected chi connectivity index (χ1v) is 6.15. The van der Waals surface area contributed by atoms with E-state index in [1.807, 2.05) is 25.3 Å². The van der Waals surface area contributed by atoms with Crippen LogP contribution in [0.4, 0.5) is 5.69 Å². The number of aliphatic hydroxyl groups excluding tert-OH is 1. The van der Waals surface area contributed by atoms with Crippen molar-refractivity contribution in [3.63, 3.8) is 0 Å². The van der Waals surface area contributed by atoms with Crippen molar-refractivity contribution in [2.75, 3.05) is 18.1 Å². The lowest BCUT2D eigenvalue weighted by Gasteiger charge is -2.28. The van der Waals surface area contributed by atoms with Crippen molar-refractivity contribution in [3.8, 4) is 0 Å². The summed E-state index contributed by atoms with van der Waals surface area (Å²) in [4.78, 5) is 6.59. The Morgan fingerprint density at radius 2 is 2.06 bits per heavy atom. The van der Waals surface area contributed by atoms with E-state index in [0.717, 1.165) is 24.3 Å². The third kappa shape index (κ3) is 3.98. The van der Waals surface area contributed by atoms with Crippen LogP contribution >= 0.6 is 0 Å². The maximum atomic E-state index is 8.90. The van der Waals surface area contributed by atoms with Crippen molar-refractivity contribution in [1.29, 1.82) is 0 Å². The Morgan fingerprint density at radius 3 is 2.47 bits per heavy atom. The van der Waals surface area contributed by atoms with E-state index in [1.54, 1.807) is 0 Å². The number of aromatic nitrogens is 1. The second kappa shape index (κ2) is 6.57. The Labute approximate surface area is 103 Å². The number of pyridine rings is 1. The van der Waals surface area contributed by atoms with Gasteiger partial charge in [0.05, 0.1) is 17.6 Å². The van der Waals surface area contributed by atoms with Gasteiger partial charge in [-0.25, -0.2) is 0 Å². The van der Waals surface area contributed by atoms with Gasteiger partial charge in [-0.3, -0.25) is 4.98 Å². The molecule has 0 aliphatic rings. The third-order valence-corrected chi connectivity index (χ3v) is 2.75. The van der Waals surface area contributed by atoms with Crippen molar-refractivity contribution in [1.82, 2.24) is 4.98 Å². The van der Waals surface area contributed by atoms with Crippen molar-refractivity contribution in [2.45, 2.75) is 39.3 Å². The van der Waals surface area contributed by atoms with Crippen LogP contribution in [0, 0.1) is 0 Å². The highest BCUT2D eigenvalue weighted by Gasteiger charge is 2.11. The highest BCUT2D eigenvalue weighted by atomic mass is 16.3. The molecular formula is C13H23N3O. The van der Waals surface area contributed by atoms with Gasteiger partial charge in [0.25, 0.3) is 0 Å². The van der Waals surface area contributed by atoms with Gasteiger partial charge in [-0.2, -0.15) is 0 Å². The average molecular weight is 237 g/mol. The molecule has 1 atom stereocenters. The molecule has 0 aromatic carbocycles. The zero-order valence-corrected chi connectivity index (χ0v) is 10.9. The number of hydrogen-bond donors (Lipinski definition) is 2. The third-order valence-electron chi connectivity index (χ3n) is 2.75. The van der Waals surface area contributed by atoms with Crippen molar-refractivity contribution < 1.29 is 5.11 Å². The predicted molar refractivity (Wildman–Crippen MR) is 71.0 cm³/mol. The summed E-state index contributed by atoms with van der Waals surface area (Å²) in [7, 11) is 0. The van der Waals surface area contributed by atoms with Crippen molar-refractivity contribution >= 4 is 5.69 Å². The van der Waals surface area contributed by atoms with Crippen molar-refractivity contribution in [3.05, 3.63) is 24.0 Å². The summed E-state index contributed by atoms with van der Waals surface area (Å²) in [5, 5.41) is 8.90. The summed E-state index contributed by atoms with van der Waals surface area (Å²) in [5.74, 6) is 0. The van der Waals surface area contributed by atoms with Crippen LogP contribution in [0.1, 0.15) is 38.9 Å². The minimum atomic E-state index is -0.0333. The lowest BCUT2D eigenvalue weighted by Crippen LogP contribution is -2.32. The minimum absolute atomic E-state index is 0.0333. The van der Waals surface area contributed by atoms with Crippen LogP contribution in [-0.4, -0.2) is 29.3 Å². The minimum Gasteiger partial charge on any atom is -0.396 e. The average Bonchev–Trinajstić information content (AvgIpc) is 2.29. The highest BCUT2D eigenvalue weighted by Crippen LogP contribution is 2.18. The van der Waals surface area contributed by atoms with Gasteiger partial charge < -0.3 is 15.7 Å². The van der Waals surface area contributed by atoms with Crippen LogP contribution in [0.2, 0.25) is 0 Å². The molecule has 1 aromatic rings. The molecule has 0 saturated heterocycles. The SMILES string of the molecule is CC(C)N(CCCO)c1ccc([C@H](C)N)nc1. The van der Waals surface area contributed by atoms with E-state index >= 15 is 0 Å². The fraction of sp³-hybridized carbons (Fsp3) is 0.615. The quantitative estimate of drug-likeness (QED) is 0.790. The lowest BCUT2D eigenvalue weighted by molar-refractivity contribution is 0.288. The largest absolute Gasteiger partial charge is 0.396 e. The number of nitrogens with two attached hydrogens (primary N) is 1. The molecule has 17 heavy (non-hydrogen) atoms. The summed E-state index contributed by atoms with van der Waals surface area (Å²) < 4.78 is 0. The van der Waals surface area contributed by atoms with Crippen LogP contribution < -0.4 is 10.6 Å². The first kappa shape index (κ1) is 13.9. The Balaban J connectivity index is 2.80. The number of rotatable bonds is 6. The molecule has 1 rings (SSSR count). The molecule has 0 bridgehead atoms. The molecule has 0 amide bonds. The van der Waals surface area contributed by atoms with Gasteiger partial charge >= 0.3 is 0 Å². The normalized spacial score (nSPS) is 12.8. The molecule has 1 aromatic heterocycles. The van der Waals surface area contributed by atoms with Crippen LogP contribution in [0.5, 0.6) is 0 Å². The predicted octanol–water partition coefficient (Wildman–Crippen LogP) is 1.70. The van der Waals surface area contributed by atoms with E-state index in [4.69, 9.17) is 10.8 Å². The maximum Gasteiger partial charge on any atom is 0.0569 e. The second-order valence-corrected chi connectivity index (χ2v) is 4.59. The summed E-state index contributed by atoms with van der Waals surface area (Å²) >= 11 is 0. The van der Waals surface area contributed by atoms with E-state index in [9.17, 15) is 0 Å². The van der Waals surface area contributed by atoms with Gasteiger partial charge in [-0.05, 0) is 39.3 Å². The highest BCUT2D eigenvalue weighted by molar-refractivity contribution is 5.45. The molecule has 0 aliphatic heterocycles. The molecule has 0 spiro atoms. The number of aliphatic hydroxyl groups is 1. The van der Waals surface area contributed by atoms with E-state index < -0.39 is 0 Å². The molecule has 1 heterocycles. The standard InChI is InChI=1S/C13H23N3O/c1-10(2)16(7-4-8-17)12-5-6-13(11(3)14)15-9-12/h5-6,9-11,17H,4,7-8,14H2,1-3H3/t11-/m0/s1. The van der Waals surface area contributed by atoms with Crippen molar-refractivity contribution in [2.24, 2.45) is 5.73 Å². The van der Waals surface area contributed by atoms with Crippen LogP contribution in [0.25, 0.3) is 0 Å². The maximum absolute atomic E-state index is 8.90. The van der Waals surface area contributed by atoms with E-state index in [-0.39, 0.29) is 12.6 Å². The summed E-state index contributed by atoms with van der Waals surface area (Å²) in [6.45, 7) is 7.25. The molecule has 0 fully saturated rings. The Morgan fingerprint density at radius 1 is 1.35 bits per heavy atom. The van der Waals surface area contributed by atoms with Gasteiger partial charge in [0.15, 0.2) is 0 Å². The molecular weight excluding hydrogens is 214 g/mol. The van der Waals surface area contributed by atoms with Gasteiger partial charge in [-0.1, -0.05) is 0 Å². The van der Waals surface area contributed by atoms with Gasteiger partial charge in [0.2, 0.25) is 0 Å². The number of hydrogen-bond acceptors (Lipinski definition) is 4. The zero-order valence-electron chi connectivity index (χ0n) is 10.9.